The van der Waals surface area contributed by atoms with Crippen molar-refractivity contribution in [2.45, 2.75) is 31.8 Å². The van der Waals surface area contributed by atoms with E-state index in [2.05, 4.69) is 4.98 Å². The first-order valence-electron chi connectivity index (χ1n) is 6.95. The molecule has 1 aliphatic carbocycles. The second-order valence-electron chi connectivity index (χ2n) is 5.23. The van der Waals surface area contributed by atoms with Crippen LogP contribution in [-0.4, -0.2) is 30.9 Å². The van der Waals surface area contributed by atoms with Gasteiger partial charge in [0.25, 0.3) is 0 Å². The number of anilines is 1. The zero-order chi connectivity index (χ0) is 13.1. The number of rotatable bonds is 5. The number of aromatic nitrogens is 1. The maximum atomic E-state index is 5.87. The molecule has 19 heavy (non-hydrogen) atoms. The molecule has 1 aliphatic heterocycles. The number of pyridine rings is 1. The Hall–Kier alpha value is -1.49. The van der Waals surface area contributed by atoms with E-state index in [-0.39, 0.29) is 6.10 Å². The average Bonchev–Trinajstić information content (AvgIpc) is 3.25. The van der Waals surface area contributed by atoms with Gasteiger partial charge in [0.05, 0.1) is 25.5 Å². The summed E-state index contributed by atoms with van der Waals surface area (Å²) in [5.41, 5.74) is 6.44. The minimum Gasteiger partial charge on any atom is -0.476 e. The molecular formula is C14H20N2O3. The van der Waals surface area contributed by atoms with Crippen molar-refractivity contribution in [1.29, 1.82) is 0 Å². The SMILES string of the molecule is Nc1ccc(OC2CCOCC2)nc1OCC1CC1. The summed E-state index contributed by atoms with van der Waals surface area (Å²) in [5, 5.41) is 0. The molecule has 1 saturated heterocycles. The first-order chi connectivity index (χ1) is 9.31. The Morgan fingerprint density at radius 1 is 1.21 bits per heavy atom. The highest BCUT2D eigenvalue weighted by molar-refractivity contribution is 5.49. The Morgan fingerprint density at radius 3 is 2.74 bits per heavy atom. The van der Waals surface area contributed by atoms with Gasteiger partial charge in [0.15, 0.2) is 0 Å². The maximum absolute atomic E-state index is 5.87. The monoisotopic (exact) mass is 264 g/mol. The summed E-state index contributed by atoms with van der Waals surface area (Å²) in [4.78, 5) is 4.36. The molecule has 5 heteroatoms. The van der Waals surface area contributed by atoms with Gasteiger partial charge in [0.2, 0.25) is 11.8 Å². The van der Waals surface area contributed by atoms with Crippen LogP contribution in [0.4, 0.5) is 5.69 Å². The fourth-order valence-electron chi connectivity index (χ4n) is 2.06. The van der Waals surface area contributed by atoms with E-state index in [1.54, 1.807) is 12.1 Å². The lowest BCUT2D eigenvalue weighted by molar-refractivity contribution is 0.0235. The van der Waals surface area contributed by atoms with Crippen LogP contribution in [0.15, 0.2) is 12.1 Å². The van der Waals surface area contributed by atoms with E-state index in [1.165, 1.54) is 12.8 Å². The Morgan fingerprint density at radius 2 is 2.00 bits per heavy atom. The molecule has 2 heterocycles. The Balaban J connectivity index is 1.61. The second-order valence-corrected chi connectivity index (χ2v) is 5.23. The molecule has 0 spiro atoms. The first-order valence-corrected chi connectivity index (χ1v) is 6.95. The van der Waals surface area contributed by atoms with Gasteiger partial charge in [-0.25, -0.2) is 0 Å². The summed E-state index contributed by atoms with van der Waals surface area (Å²) >= 11 is 0. The minimum absolute atomic E-state index is 0.182. The number of ether oxygens (including phenoxy) is 3. The number of nitrogens with two attached hydrogens (primary N) is 1. The molecule has 104 valence electrons. The number of nitrogens with zero attached hydrogens (tertiary/aromatic N) is 1. The smallest absolute Gasteiger partial charge is 0.240 e. The van der Waals surface area contributed by atoms with E-state index in [0.717, 1.165) is 26.1 Å². The normalized spacial score (nSPS) is 20.2. The molecule has 0 radical (unpaired) electrons. The zero-order valence-corrected chi connectivity index (χ0v) is 11.0. The van der Waals surface area contributed by atoms with Gasteiger partial charge in [-0.15, -0.1) is 0 Å². The van der Waals surface area contributed by atoms with Crippen molar-refractivity contribution in [1.82, 2.24) is 4.98 Å². The summed E-state index contributed by atoms with van der Waals surface area (Å²) in [6.45, 7) is 2.22. The van der Waals surface area contributed by atoms with Crippen LogP contribution in [-0.2, 0) is 4.74 Å². The molecule has 1 saturated carbocycles. The first kappa shape index (κ1) is 12.5. The van der Waals surface area contributed by atoms with E-state index >= 15 is 0 Å². The largest absolute Gasteiger partial charge is 0.476 e. The van der Waals surface area contributed by atoms with E-state index in [1.807, 2.05) is 0 Å². The van der Waals surface area contributed by atoms with Gasteiger partial charge < -0.3 is 19.9 Å². The Kier molecular flexibility index (Phi) is 3.73. The van der Waals surface area contributed by atoms with Crippen LogP contribution in [0.3, 0.4) is 0 Å². The summed E-state index contributed by atoms with van der Waals surface area (Å²) < 4.78 is 16.8. The van der Waals surface area contributed by atoms with Crippen LogP contribution in [0.5, 0.6) is 11.8 Å². The molecule has 2 aliphatic rings. The standard InChI is InChI=1S/C14H20N2O3/c15-12-3-4-13(19-11-5-7-17-8-6-11)16-14(12)18-9-10-1-2-10/h3-4,10-11H,1-2,5-9,15H2. The minimum atomic E-state index is 0.182. The molecule has 0 amide bonds. The molecule has 1 aromatic rings. The van der Waals surface area contributed by atoms with Gasteiger partial charge in [-0.2, -0.15) is 4.98 Å². The van der Waals surface area contributed by atoms with Crippen LogP contribution in [0.1, 0.15) is 25.7 Å². The third-order valence-electron chi connectivity index (χ3n) is 3.47. The predicted molar refractivity (Wildman–Crippen MR) is 71.3 cm³/mol. The number of hydrogen-bond acceptors (Lipinski definition) is 5. The van der Waals surface area contributed by atoms with Crippen LogP contribution >= 0.6 is 0 Å². The van der Waals surface area contributed by atoms with Gasteiger partial charge in [0.1, 0.15) is 6.10 Å². The zero-order valence-electron chi connectivity index (χ0n) is 11.0. The molecule has 3 rings (SSSR count). The van der Waals surface area contributed by atoms with Crippen LogP contribution in [0.2, 0.25) is 0 Å². The highest BCUT2D eigenvalue weighted by Gasteiger charge is 2.23. The maximum Gasteiger partial charge on any atom is 0.240 e. The average molecular weight is 264 g/mol. The van der Waals surface area contributed by atoms with Gasteiger partial charge >= 0.3 is 0 Å². The molecule has 2 fully saturated rings. The third-order valence-corrected chi connectivity index (χ3v) is 3.47. The summed E-state index contributed by atoms with van der Waals surface area (Å²) in [5.74, 6) is 1.77. The summed E-state index contributed by atoms with van der Waals surface area (Å²) in [7, 11) is 0. The molecule has 0 unspecified atom stereocenters. The van der Waals surface area contributed by atoms with Crippen molar-refractivity contribution in [3.8, 4) is 11.8 Å². The highest BCUT2D eigenvalue weighted by atomic mass is 16.5. The quantitative estimate of drug-likeness (QED) is 0.881. The van der Waals surface area contributed by atoms with E-state index in [4.69, 9.17) is 19.9 Å². The van der Waals surface area contributed by atoms with Crippen LogP contribution in [0.25, 0.3) is 0 Å². The van der Waals surface area contributed by atoms with Crippen molar-refractivity contribution in [3.63, 3.8) is 0 Å². The highest BCUT2D eigenvalue weighted by Crippen LogP contribution is 2.31. The van der Waals surface area contributed by atoms with Gasteiger partial charge in [-0.3, -0.25) is 0 Å². The van der Waals surface area contributed by atoms with Crippen molar-refractivity contribution in [3.05, 3.63) is 12.1 Å². The lowest BCUT2D eigenvalue weighted by Crippen LogP contribution is -2.26. The van der Waals surface area contributed by atoms with Crippen molar-refractivity contribution >= 4 is 5.69 Å². The van der Waals surface area contributed by atoms with E-state index < -0.39 is 0 Å². The molecular weight excluding hydrogens is 244 g/mol. The lowest BCUT2D eigenvalue weighted by Gasteiger charge is -2.23. The molecule has 1 aromatic heterocycles. The van der Waals surface area contributed by atoms with Crippen molar-refractivity contribution in [2.24, 2.45) is 5.92 Å². The number of hydrogen-bond donors (Lipinski definition) is 1. The Bertz CT molecular complexity index is 429. The topological polar surface area (TPSA) is 66.6 Å². The predicted octanol–water partition coefficient (Wildman–Crippen LogP) is 2.01. The Labute approximate surface area is 113 Å². The molecule has 5 nitrogen and oxygen atoms in total. The molecule has 0 aromatic carbocycles. The second kappa shape index (κ2) is 5.65. The van der Waals surface area contributed by atoms with Crippen LogP contribution < -0.4 is 15.2 Å². The number of nitrogen functional groups attached to an aromatic ring is 1. The van der Waals surface area contributed by atoms with Crippen molar-refractivity contribution in [2.75, 3.05) is 25.6 Å². The molecule has 0 atom stereocenters. The lowest BCUT2D eigenvalue weighted by atomic mass is 10.1. The summed E-state index contributed by atoms with van der Waals surface area (Å²) in [6, 6.07) is 3.60. The molecule has 2 N–H and O–H groups in total. The van der Waals surface area contributed by atoms with Gasteiger partial charge in [0, 0.05) is 18.9 Å². The van der Waals surface area contributed by atoms with Gasteiger partial charge in [-0.1, -0.05) is 0 Å². The fraction of sp³-hybridized carbons (Fsp3) is 0.643. The van der Waals surface area contributed by atoms with Gasteiger partial charge in [-0.05, 0) is 24.8 Å². The fourth-order valence-corrected chi connectivity index (χ4v) is 2.06. The van der Waals surface area contributed by atoms with Crippen molar-refractivity contribution < 1.29 is 14.2 Å². The van der Waals surface area contributed by atoms with E-state index in [0.29, 0.717) is 30.0 Å². The van der Waals surface area contributed by atoms with Crippen LogP contribution in [0, 0.1) is 5.92 Å². The van der Waals surface area contributed by atoms with E-state index in [9.17, 15) is 0 Å². The summed E-state index contributed by atoms with van der Waals surface area (Å²) in [6.07, 6.45) is 4.49. The molecule has 0 bridgehead atoms. The third kappa shape index (κ3) is 3.50.